The van der Waals surface area contributed by atoms with Crippen molar-refractivity contribution in [2.75, 3.05) is 5.32 Å². The van der Waals surface area contributed by atoms with Gasteiger partial charge < -0.3 is 14.6 Å². The molecule has 0 aliphatic rings. The minimum absolute atomic E-state index is 0.0594. The zero-order valence-electron chi connectivity index (χ0n) is 14.7. The molecule has 0 unspecified atom stereocenters. The third-order valence-corrected chi connectivity index (χ3v) is 3.89. The fourth-order valence-electron chi connectivity index (χ4n) is 2.54. The maximum atomic E-state index is 13.8. The quantitative estimate of drug-likeness (QED) is 0.647. The molecule has 1 amide bonds. The first-order chi connectivity index (χ1) is 13.7. The average Bonchev–Trinajstić information content (AvgIpc) is 2.65. The predicted octanol–water partition coefficient (Wildman–Crippen LogP) is 4.19. The summed E-state index contributed by atoms with van der Waals surface area (Å²) in [4.78, 5) is 24.4. The van der Waals surface area contributed by atoms with Crippen LogP contribution in [0.2, 0.25) is 0 Å². The highest BCUT2D eigenvalue weighted by Crippen LogP contribution is 2.24. The normalized spacial score (nSPS) is 11.2. The van der Waals surface area contributed by atoms with Gasteiger partial charge in [0.25, 0.3) is 11.5 Å². The van der Waals surface area contributed by atoms with Crippen LogP contribution in [0.5, 0.6) is 5.75 Å². The first kappa shape index (κ1) is 20.1. The van der Waals surface area contributed by atoms with Gasteiger partial charge in [0.1, 0.15) is 11.6 Å². The van der Waals surface area contributed by atoms with E-state index < -0.39 is 29.4 Å². The van der Waals surface area contributed by atoms with Gasteiger partial charge in [-0.05, 0) is 36.4 Å². The number of carbonyl (C=O) groups is 1. The van der Waals surface area contributed by atoms with E-state index in [9.17, 15) is 27.2 Å². The minimum atomic E-state index is -4.81. The van der Waals surface area contributed by atoms with Crippen LogP contribution in [0, 0.1) is 5.82 Å². The highest BCUT2D eigenvalue weighted by atomic mass is 19.4. The number of hydrogen-bond acceptors (Lipinski definition) is 3. The molecule has 0 radical (unpaired) electrons. The topological polar surface area (TPSA) is 60.3 Å². The average molecular weight is 406 g/mol. The Labute approximate surface area is 162 Å². The standard InChI is InChI=1S/C20H14F4N2O3/c21-17-4-2-1-3-13(17)11-26-12-14(5-10-18(26)27)19(28)25-15-6-8-16(9-7-15)29-20(22,23)24/h1-10,12H,11H2,(H,25,28). The van der Waals surface area contributed by atoms with Gasteiger partial charge in [-0.1, -0.05) is 18.2 Å². The number of pyridine rings is 1. The highest BCUT2D eigenvalue weighted by molar-refractivity contribution is 6.04. The molecule has 1 heterocycles. The van der Waals surface area contributed by atoms with Crippen LogP contribution in [0.1, 0.15) is 15.9 Å². The molecule has 3 rings (SSSR count). The van der Waals surface area contributed by atoms with E-state index in [1.807, 2.05) is 0 Å². The number of rotatable bonds is 5. The highest BCUT2D eigenvalue weighted by Gasteiger charge is 2.30. The lowest BCUT2D eigenvalue weighted by Gasteiger charge is -2.11. The summed E-state index contributed by atoms with van der Waals surface area (Å²) in [6.07, 6.45) is -3.53. The third-order valence-electron chi connectivity index (χ3n) is 3.89. The molecule has 5 nitrogen and oxygen atoms in total. The van der Waals surface area contributed by atoms with Crippen molar-refractivity contribution < 1.29 is 27.1 Å². The van der Waals surface area contributed by atoms with Crippen LogP contribution in [0.4, 0.5) is 23.2 Å². The van der Waals surface area contributed by atoms with Crippen LogP contribution in [0.15, 0.2) is 71.7 Å². The second-order valence-electron chi connectivity index (χ2n) is 6.00. The first-order valence-corrected chi connectivity index (χ1v) is 8.32. The lowest BCUT2D eigenvalue weighted by Crippen LogP contribution is -2.23. The van der Waals surface area contributed by atoms with Crippen molar-refractivity contribution >= 4 is 11.6 Å². The summed E-state index contributed by atoms with van der Waals surface area (Å²) in [5.41, 5.74) is 0.221. The molecule has 0 aliphatic heterocycles. The number of benzene rings is 2. The zero-order valence-corrected chi connectivity index (χ0v) is 14.7. The van der Waals surface area contributed by atoms with Gasteiger partial charge in [-0.25, -0.2) is 4.39 Å². The van der Waals surface area contributed by atoms with E-state index in [1.165, 1.54) is 53.2 Å². The van der Waals surface area contributed by atoms with Crippen LogP contribution in [-0.2, 0) is 6.54 Å². The SMILES string of the molecule is O=C(Nc1ccc(OC(F)(F)F)cc1)c1ccc(=O)n(Cc2ccccc2F)c1. The summed E-state index contributed by atoms with van der Waals surface area (Å²) in [6.45, 7) is -0.0594. The Hall–Kier alpha value is -3.62. The largest absolute Gasteiger partial charge is 0.573 e. The molecular formula is C20H14F4N2O3. The van der Waals surface area contributed by atoms with Crippen molar-refractivity contribution in [2.24, 2.45) is 0 Å². The van der Waals surface area contributed by atoms with E-state index >= 15 is 0 Å². The van der Waals surface area contributed by atoms with Gasteiger partial charge in [0.15, 0.2) is 0 Å². The molecule has 0 aliphatic carbocycles. The molecule has 0 fully saturated rings. The molecule has 0 bridgehead atoms. The van der Waals surface area contributed by atoms with Crippen molar-refractivity contribution in [1.29, 1.82) is 0 Å². The summed E-state index contributed by atoms with van der Waals surface area (Å²) in [6, 6.07) is 13.0. The Bertz CT molecular complexity index is 1080. The number of nitrogens with one attached hydrogen (secondary N) is 1. The Morgan fingerprint density at radius 3 is 2.34 bits per heavy atom. The van der Waals surface area contributed by atoms with Gasteiger partial charge in [0, 0.05) is 23.5 Å². The molecule has 9 heteroatoms. The van der Waals surface area contributed by atoms with Crippen molar-refractivity contribution in [3.05, 3.63) is 94.2 Å². The maximum absolute atomic E-state index is 13.8. The molecule has 29 heavy (non-hydrogen) atoms. The molecule has 1 N–H and O–H groups in total. The second-order valence-corrected chi connectivity index (χ2v) is 6.00. The summed E-state index contributed by atoms with van der Waals surface area (Å²) in [7, 11) is 0. The number of nitrogens with zero attached hydrogens (tertiary/aromatic N) is 1. The molecule has 0 spiro atoms. The summed E-state index contributed by atoms with van der Waals surface area (Å²) in [5.74, 6) is -1.49. The lowest BCUT2D eigenvalue weighted by atomic mass is 10.2. The number of hydrogen-bond donors (Lipinski definition) is 1. The lowest BCUT2D eigenvalue weighted by molar-refractivity contribution is -0.274. The monoisotopic (exact) mass is 406 g/mol. The molecule has 150 valence electrons. The van der Waals surface area contributed by atoms with E-state index in [2.05, 4.69) is 10.1 Å². The summed E-state index contributed by atoms with van der Waals surface area (Å²) in [5, 5.41) is 2.50. The fraction of sp³-hybridized carbons (Fsp3) is 0.100. The molecule has 0 saturated heterocycles. The molecule has 0 saturated carbocycles. The predicted molar refractivity (Wildman–Crippen MR) is 97.3 cm³/mol. The van der Waals surface area contributed by atoms with Gasteiger partial charge in [-0.15, -0.1) is 13.2 Å². The number of anilines is 1. The van der Waals surface area contributed by atoms with E-state index in [4.69, 9.17) is 0 Å². The molecule has 0 atom stereocenters. The number of alkyl halides is 3. The first-order valence-electron chi connectivity index (χ1n) is 8.32. The summed E-state index contributed by atoms with van der Waals surface area (Å²) >= 11 is 0. The zero-order chi connectivity index (χ0) is 21.0. The van der Waals surface area contributed by atoms with E-state index in [-0.39, 0.29) is 23.4 Å². The van der Waals surface area contributed by atoms with Crippen LogP contribution >= 0.6 is 0 Å². The number of halogens is 4. The van der Waals surface area contributed by atoms with E-state index in [1.54, 1.807) is 6.07 Å². The number of ether oxygens (including phenoxy) is 1. The van der Waals surface area contributed by atoms with Crippen LogP contribution in [0.25, 0.3) is 0 Å². The number of aromatic nitrogens is 1. The Morgan fingerprint density at radius 1 is 1.00 bits per heavy atom. The van der Waals surface area contributed by atoms with Crippen molar-refractivity contribution in [2.45, 2.75) is 12.9 Å². The van der Waals surface area contributed by atoms with Crippen LogP contribution in [-0.4, -0.2) is 16.8 Å². The number of amides is 1. The van der Waals surface area contributed by atoms with Crippen LogP contribution in [0.3, 0.4) is 0 Å². The third kappa shape index (κ3) is 5.44. The molecule has 3 aromatic rings. The maximum Gasteiger partial charge on any atom is 0.573 e. The van der Waals surface area contributed by atoms with Gasteiger partial charge in [-0.2, -0.15) is 0 Å². The van der Waals surface area contributed by atoms with Crippen molar-refractivity contribution in [3.63, 3.8) is 0 Å². The molecular weight excluding hydrogens is 392 g/mol. The molecule has 2 aromatic carbocycles. The van der Waals surface area contributed by atoms with E-state index in [0.29, 0.717) is 0 Å². The van der Waals surface area contributed by atoms with Crippen molar-refractivity contribution in [1.82, 2.24) is 4.57 Å². The Balaban J connectivity index is 1.74. The van der Waals surface area contributed by atoms with Gasteiger partial charge in [-0.3, -0.25) is 9.59 Å². The number of carbonyl (C=O) groups excluding carboxylic acids is 1. The van der Waals surface area contributed by atoms with E-state index in [0.717, 1.165) is 12.1 Å². The summed E-state index contributed by atoms with van der Waals surface area (Å²) < 4.78 is 55.3. The molecule has 1 aromatic heterocycles. The van der Waals surface area contributed by atoms with Gasteiger partial charge in [0.2, 0.25) is 0 Å². The Kier molecular flexibility index (Phi) is 5.67. The smallest absolute Gasteiger partial charge is 0.406 e. The second kappa shape index (κ2) is 8.17. The van der Waals surface area contributed by atoms with Gasteiger partial charge >= 0.3 is 6.36 Å². The fourth-order valence-corrected chi connectivity index (χ4v) is 2.54. The minimum Gasteiger partial charge on any atom is -0.406 e. The van der Waals surface area contributed by atoms with Crippen molar-refractivity contribution in [3.8, 4) is 5.75 Å². The Morgan fingerprint density at radius 2 is 1.69 bits per heavy atom. The van der Waals surface area contributed by atoms with Gasteiger partial charge in [0.05, 0.1) is 12.1 Å². The van der Waals surface area contributed by atoms with Crippen LogP contribution < -0.4 is 15.6 Å².